The van der Waals surface area contributed by atoms with E-state index < -0.39 is 37.1 Å². The van der Waals surface area contributed by atoms with Crippen LogP contribution in [-0.2, 0) is 64.7 Å². The van der Waals surface area contributed by atoms with Gasteiger partial charge in [-0.2, -0.15) is 27.9 Å². The van der Waals surface area contributed by atoms with Crippen molar-refractivity contribution < 1.29 is 46.2 Å². The summed E-state index contributed by atoms with van der Waals surface area (Å²) in [5.74, 6) is 2.32. The Morgan fingerprint density at radius 1 is 0.656 bits per heavy atom. The molecule has 0 radical (unpaired) electrons. The van der Waals surface area contributed by atoms with Crippen molar-refractivity contribution in [2.75, 3.05) is 82.4 Å². The Morgan fingerprint density at radius 2 is 1.09 bits per heavy atom. The number of hydrogen-bond acceptors (Lipinski definition) is 17. The average Bonchev–Trinajstić information content (AvgIpc) is 3.32. The third-order valence-corrected chi connectivity index (χ3v) is 19.1. The minimum atomic E-state index is -3.15. The van der Waals surface area contributed by atoms with Crippen molar-refractivity contribution in [3.05, 3.63) is 102 Å². The molecule has 3 aromatic carbocycles. The molecule has 348 valence electrons. The van der Waals surface area contributed by atoms with Gasteiger partial charge in [-0.1, -0.05) is 33.8 Å². The minimum absolute atomic E-state index is 0.0601. The Balaban J connectivity index is 1.19. The number of nitrogens with zero attached hydrogens (tertiary/aromatic N) is 6. The van der Waals surface area contributed by atoms with Crippen LogP contribution in [0.2, 0.25) is 0 Å². The monoisotopic (exact) mass is 1040 g/mol. The fourth-order valence-corrected chi connectivity index (χ4v) is 11.0. The first-order chi connectivity index (χ1) is 30.6. The van der Waals surface area contributed by atoms with E-state index in [1.54, 1.807) is 48.1 Å². The first kappa shape index (κ1) is 54.4. The first-order valence-electron chi connectivity index (χ1n) is 19.8. The topological polar surface area (TPSA) is 164 Å². The molecule has 1 aliphatic rings. The van der Waals surface area contributed by atoms with E-state index in [2.05, 4.69) is 27.8 Å². The molecule has 0 aliphatic heterocycles. The van der Waals surface area contributed by atoms with Gasteiger partial charge in [-0.15, -0.1) is 10.2 Å². The standard InChI is InChI=1S/C39H59N7O10P5S3/c1-43(40-27-33-11-17-36(49-4)18-12-33)58(63)55-38-21-15-35(16-22-38)29-42-45(3)59(64)56-39-23-13-34(14-24-39)28-41-44(2)57(62)54-37-19-9-32(10-20-37)25-26-46(30-60(47,50-5)51-6)31-61(48,52-7)53-8/h9-11,13-17,19-24,28-29,33,36,40,47-48H,12,18,25-27,30-31H2,1-8H3/q+5/b41-28-,42-29-. The van der Waals surface area contributed by atoms with E-state index in [1.165, 1.54) is 28.4 Å². The van der Waals surface area contributed by atoms with Gasteiger partial charge in [0.15, 0.2) is 29.8 Å². The second-order valence-corrected chi connectivity index (χ2v) is 25.2. The zero-order valence-corrected chi connectivity index (χ0v) is 44.1. The van der Waals surface area contributed by atoms with Gasteiger partial charge in [0.2, 0.25) is 35.4 Å². The number of methoxy groups -OCH3 is 1. The molecule has 3 N–H and O–H groups in total. The molecule has 64 heavy (non-hydrogen) atoms. The molecule has 5 atom stereocenters. The molecule has 25 heteroatoms. The molecular formula is C39H59N7O10P5S3+5. The lowest BCUT2D eigenvalue weighted by molar-refractivity contribution is 0.121. The number of hydrogen-bond donors (Lipinski definition) is 3. The molecule has 0 saturated carbocycles. The van der Waals surface area contributed by atoms with Crippen molar-refractivity contribution in [1.82, 2.24) is 24.7 Å². The fourth-order valence-electron chi connectivity index (χ4n) is 5.67. The molecule has 0 aromatic heterocycles. The Bertz CT molecular complexity index is 2020. The van der Waals surface area contributed by atoms with Gasteiger partial charge < -0.3 is 4.74 Å². The maximum absolute atomic E-state index is 10.7. The van der Waals surface area contributed by atoms with Crippen molar-refractivity contribution in [3.63, 3.8) is 0 Å². The summed E-state index contributed by atoms with van der Waals surface area (Å²) in [6.07, 6.45) is 10.7. The second-order valence-electron chi connectivity index (χ2n) is 14.1. The molecular weight excluding hydrogens is 978 g/mol. The average molecular weight is 1040 g/mol. The van der Waals surface area contributed by atoms with Crippen molar-refractivity contribution >= 4 is 85.0 Å². The molecule has 4 rings (SSSR count). The molecule has 0 amide bonds. The van der Waals surface area contributed by atoms with E-state index in [9.17, 15) is 9.79 Å². The molecule has 5 unspecified atom stereocenters. The Morgan fingerprint density at radius 3 is 1.50 bits per heavy atom. The van der Waals surface area contributed by atoms with E-state index in [4.69, 9.17) is 71.8 Å². The van der Waals surface area contributed by atoms with Gasteiger partial charge in [0, 0.05) is 20.2 Å². The van der Waals surface area contributed by atoms with Crippen LogP contribution in [0.25, 0.3) is 0 Å². The van der Waals surface area contributed by atoms with Crippen LogP contribution in [-0.4, -0.2) is 130 Å². The second kappa shape index (κ2) is 27.5. The van der Waals surface area contributed by atoms with Crippen LogP contribution in [0.3, 0.4) is 0 Å². The lowest BCUT2D eigenvalue weighted by Gasteiger charge is -2.25. The fraction of sp³-hybridized carbons (Fsp3) is 0.436. The zero-order valence-electron chi connectivity index (χ0n) is 37.1. The molecule has 3 aromatic rings. The van der Waals surface area contributed by atoms with Crippen molar-refractivity contribution in [2.24, 2.45) is 16.1 Å². The van der Waals surface area contributed by atoms with E-state index in [0.717, 1.165) is 36.1 Å². The number of hydrazone groups is 2. The molecule has 17 nitrogen and oxygen atoms in total. The van der Waals surface area contributed by atoms with Crippen LogP contribution in [0.1, 0.15) is 29.5 Å². The van der Waals surface area contributed by atoms with E-state index in [1.807, 2.05) is 84.6 Å². The minimum Gasteiger partial charge on any atom is -0.377 e. The van der Waals surface area contributed by atoms with Gasteiger partial charge in [0.1, 0.15) is 0 Å². The van der Waals surface area contributed by atoms with Crippen LogP contribution >= 0.6 is 37.1 Å². The summed E-state index contributed by atoms with van der Waals surface area (Å²) in [5, 5.41) is 8.98. The normalized spacial score (nSPS) is 16.4. The van der Waals surface area contributed by atoms with Crippen molar-refractivity contribution in [3.8, 4) is 17.2 Å². The van der Waals surface area contributed by atoms with Gasteiger partial charge in [-0.05, 0) is 107 Å². The first-order valence-corrected chi connectivity index (χ1v) is 30.0. The highest BCUT2D eigenvalue weighted by atomic mass is 32.4. The quantitative estimate of drug-likeness (QED) is 0.0275. The number of rotatable bonds is 28. The highest BCUT2D eigenvalue weighted by Gasteiger charge is 2.47. The molecule has 0 saturated heterocycles. The van der Waals surface area contributed by atoms with Crippen LogP contribution < -0.4 is 19.0 Å². The molecule has 0 spiro atoms. The highest BCUT2D eigenvalue weighted by molar-refractivity contribution is 8.02. The smallest absolute Gasteiger partial charge is 0.377 e. The maximum Gasteiger partial charge on any atom is 0.540 e. The largest absolute Gasteiger partial charge is 0.540 e. The van der Waals surface area contributed by atoms with Crippen molar-refractivity contribution in [1.29, 1.82) is 0 Å². The molecule has 0 heterocycles. The third-order valence-electron chi connectivity index (χ3n) is 9.62. The van der Waals surface area contributed by atoms with Crippen LogP contribution in [0.4, 0.5) is 0 Å². The summed E-state index contributed by atoms with van der Waals surface area (Å²) in [4.78, 5) is 23.2. The number of hydrazine groups is 1. The Labute approximate surface area is 396 Å². The molecule has 0 fully saturated rings. The predicted molar refractivity (Wildman–Crippen MR) is 270 cm³/mol. The van der Waals surface area contributed by atoms with Gasteiger partial charge in [-0.25, -0.2) is 10.3 Å². The summed E-state index contributed by atoms with van der Waals surface area (Å²) in [6, 6.07) is 22.5. The van der Waals surface area contributed by atoms with E-state index in [0.29, 0.717) is 36.1 Å². The summed E-state index contributed by atoms with van der Waals surface area (Å²) in [7, 11) is 2.13. The van der Waals surface area contributed by atoms with E-state index in [-0.39, 0.29) is 18.7 Å². The lowest BCUT2D eigenvalue weighted by Crippen LogP contribution is -2.34. The van der Waals surface area contributed by atoms with E-state index >= 15 is 0 Å². The number of benzene rings is 3. The van der Waals surface area contributed by atoms with Gasteiger partial charge in [0.25, 0.3) is 0 Å². The summed E-state index contributed by atoms with van der Waals surface area (Å²) in [6.45, 7) is 1.25. The number of ether oxygens (including phenoxy) is 1. The summed E-state index contributed by atoms with van der Waals surface area (Å²) in [5.41, 5.74) is 6.09. The SMILES string of the molecule is COC1C=CC(CNN(C)[P+](=S)Oc2ccc(/C=N\N(C)[P+](=S)Oc3ccc(/C=N\N(C)[P+](=S)Oc4ccc(CCN(C[P+](O)(OC)OC)C[P+](O)(OC)OC)cc4)cc3)cc2)CC1. The van der Waals surface area contributed by atoms with Gasteiger partial charge >= 0.3 is 37.1 Å². The maximum atomic E-state index is 10.7. The van der Waals surface area contributed by atoms with Crippen LogP contribution in [0, 0.1) is 5.92 Å². The van der Waals surface area contributed by atoms with Gasteiger partial charge in [0.05, 0.1) is 68.1 Å². The van der Waals surface area contributed by atoms with Crippen molar-refractivity contribution in [2.45, 2.75) is 25.4 Å². The summed E-state index contributed by atoms with van der Waals surface area (Å²) >= 11 is 16.9. The van der Waals surface area contributed by atoms with Gasteiger partial charge in [-0.3, -0.25) is 13.6 Å². The third kappa shape index (κ3) is 18.4. The Hall–Kier alpha value is -2.24. The molecule has 1 aliphatic carbocycles. The summed E-state index contributed by atoms with van der Waals surface area (Å²) < 4.78 is 49.4. The Kier molecular flexibility index (Phi) is 23.4. The molecule has 0 bridgehead atoms. The predicted octanol–water partition coefficient (Wildman–Crippen LogP) is 8.35. The van der Waals surface area contributed by atoms with Crippen LogP contribution in [0.15, 0.2) is 95.2 Å². The highest BCUT2D eigenvalue weighted by Crippen LogP contribution is 2.60. The van der Waals surface area contributed by atoms with Crippen LogP contribution in [0.5, 0.6) is 17.2 Å². The lowest BCUT2D eigenvalue weighted by atomic mass is 9.94. The number of nitrogens with one attached hydrogen (secondary N) is 1. The zero-order chi connectivity index (χ0) is 46.7.